The number of fused-ring (bicyclic) bond motifs is 1. The zero-order valence-electron chi connectivity index (χ0n) is 16.2. The molecule has 0 fully saturated rings. The van der Waals surface area contributed by atoms with Crippen molar-refractivity contribution in [1.82, 2.24) is 4.98 Å². The molecule has 0 unspecified atom stereocenters. The Bertz CT molecular complexity index is 1060. The first-order valence-electron chi connectivity index (χ1n) is 9.30. The Morgan fingerprint density at radius 3 is 2.79 bits per heavy atom. The number of hydrogen-bond donors (Lipinski definition) is 1. The van der Waals surface area contributed by atoms with Gasteiger partial charge in [-0.15, -0.1) is 22.7 Å². The Labute approximate surface area is 172 Å². The van der Waals surface area contributed by atoms with Crippen LogP contribution in [-0.2, 0) is 12.8 Å². The number of aldehydes is 1. The van der Waals surface area contributed by atoms with Crippen LogP contribution in [0.2, 0.25) is 0 Å². The zero-order chi connectivity index (χ0) is 19.9. The number of nitrogens with zero attached hydrogens (tertiary/aromatic N) is 1. The summed E-state index contributed by atoms with van der Waals surface area (Å²) in [6.07, 6.45) is 3.84. The van der Waals surface area contributed by atoms with E-state index < -0.39 is 0 Å². The van der Waals surface area contributed by atoms with E-state index in [-0.39, 0.29) is 11.3 Å². The first-order valence-corrected chi connectivity index (χ1v) is 11.0. The number of hydrogen-bond acceptors (Lipinski definition) is 5. The van der Waals surface area contributed by atoms with Crippen molar-refractivity contribution in [1.29, 1.82) is 0 Å². The Morgan fingerprint density at radius 1 is 1.29 bits per heavy atom. The van der Waals surface area contributed by atoms with Gasteiger partial charge in [-0.1, -0.05) is 32.0 Å². The zero-order valence-corrected chi connectivity index (χ0v) is 17.8. The van der Waals surface area contributed by atoms with Crippen molar-refractivity contribution < 1.29 is 9.59 Å². The Balaban J connectivity index is 1.77. The molecule has 1 aromatic carbocycles. The summed E-state index contributed by atoms with van der Waals surface area (Å²) in [5.74, 6) is -0.255. The van der Waals surface area contributed by atoms with Crippen molar-refractivity contribution in [2.24, 2.45) is 5.41 Å². The highest BCUT2D eigenvalue weighted by Gasteiger charge is 2.32. The van der Waals surface area contributed by atoms with Crippen molar-refractivity contribution in [2.45, 2.75) is 40.0 Å². The summed E-state index contributed by atoms with van der Waals surface area (Å²) in [7, 11) is 0. The van der Waals surface area contributed by atoms with E-state index in [2.05, 4.69) is 24.1 Å². The number of amides is 1. The Morgan fingerprint density at radius 2 is 2.07 bits per heavy atom. The van der Waals surface area contributed by atoms with E-state index >= 15 is 0 Å². The summed E-state index contributed by atoms with van der Waals surface area (Å²) in [5.41, 5.74) is 4.42. The standard InChI is InChI=1S/C22H22N2O2S2/c1-13-12-27-20(23-13)18-16-8-9-22(2,3)10-17(16)28-21(18)24-19(26)15-7-5-4-6-14(15)11-25/h4-7,11-12H,8-10H2,1-3H3,(H,24,26). The molecule has 0 bridgehead atoms. The molecular formula is C22H22N2O2S2. The van der Waals surface area contributed by atoms with Crippen molar-refractivity contribution in [3.05, 3.63) is 56.9 Å². The summed E-state index contributed by atoms with van der Waals surface area (Å²) in [5, 5.41) is 6.91. The molecule has 6 heteroatoms. The summed E-state index contributed by atoms with van der Waals surface area (Å²) < 4.78 is 0. The lowest BCUT2D eigenvalue weighted by Crippen LogP contribution is -2.20. The molecule has 1 N–H and O–H groups in total. The van der Waals surface area contributed by atoms with Gasteiger partial charge in [0.15, 0.2) is 6.29 Å². The molecule has 1 aliphatic rings. The van der Waals surface area contributed by atoms with E-state index in [9.17, 15) is 9.59 Å². The molecule has 4 rings (SSSR count). The maximum absolute atomic E-state index is 12.9. The number of nitrogens with one attached hydrogen (secondary N) is 1. The van der Waals surface area contributed by atoms with Gasteiger partial charge in [-0.3, -0.25) is 9.59 Å². The van der Waals surface area contributed by atoms with Crippen LogP contribution in [0, 0.1) is 12.3 Å². The third-order valence-corrected chi connectivity index (χ3v) is 7.30. The maximum atomic E-state index is 12.9. The number of aromatic nitrogens is 1. The molecule has 0 atom stereocenters. The third-order valence-electron chi connectivity index (χ3n) is 5.17. The lowest BCUT2D eigenvalue weighted by Gasteiger charge is -2.29. The highest BCUT2D eigenvalue weighted by molar-refractivity contribution is 7.18. The van der Waals surface area contributed by atoms with Crippen LogP contribution in [-0.4, -0.2) is 17.2 Å². The SMILES string of the molecule is Cc1csc(-c2c(NC(=O)c3ccccc3C=O)sc3c2CCC(C)(C)C3)n1. The fraction of sp³-hybridized carbons (Fsp3) is 0.318. The molecule has 28 heavy (non-hydrogen) atoms. The van der Waals surface area contributed by atoms with Crippen LogP contribution in [0.1, 0.15) is 57.1 Å². The topological polar surface area (TPSA) is 59.1 Å². The molecule has 1 amide bonds. The van der Waals surface area contributed by atoms with Crippen molar-refractivity contribution in [3.8, 4) is 10.6 Å². The van der Waals surface area contributed by atoms with Crippen molar-refractivity contribution >= 4 is 39.9 Å². The van der Waals surface area contributed by atoms with Gasteiger partial charge in [0.25, 0.3) is 5.91 Å². The highest BCUT2D eigenvalue weighted by Crippen LogP contribution is 2.48. The van der Waals surface area contributed by atoms with Crippen molar-refractivity contribution in [2.75, 3.05) is 5.32 Å². The Hall–Kier alpha value is -2.31. The van der Waals surface area contributed by atoms with E-state index in [4.69, 9.17) is 0 Å². The van der Waals surface area contributed by atoms with Gasteiger partial charge in [-0.25, -0.2) is 4.98 Å². The minimum Gasteiger partial charge on any atom is -0.313 e. The largest absolute Gasteiger partial charge is 0.313 e. The van der Waals surface area contributed by atoms with Crippen molar-refractivity contribution in [3.63, 3.8) is 0 Å². The second-order valence-electron chi connectivity index (χ2n) is 8.00. The van der Waals surface area contributed by atoms with Crippen LogP contribution in [0.15, 0.2) is 29.6 Å². The molecule has 0 radical (unpaired) electrons. The van der Waals surface area contributed by atoms with E-state index in [0.717, 1.165) is 46.8 Å². The molecule has 144 valence electrons. The minimum absolute atomic E-state index is 0.255. The molecule has 0 saturated carbocycles. The first-order chi connectivity index (χ1) is 13.4. The number of rotatable bonds is 4. The van der Waals surface area contributed by atoms with E-state index in [1.54, 1.807) is 46.9 Å². The van der Waals surface area contributed by atoms with Gasteiger partial charge in [0.05, 0.1) is 5.56 Å². The van der Waals surface area contributed by atoms with E-state index in [0.29, 0.717) is 11.1 Å². The van der Waals surface area contributed by atoms with Crippen LogP contribution in [0.4, 0.5) is 5.00 Å². The normalized spacial score (nSPS) is 15.1. The first kappa shape index (κ1) is 19.0. The summed E-state index contributed by atoms with van der Waals surface area (Å²) >= 11 is 3.26. The number of aryl methyl sites for hydroxylation is 1. The average Bonchev–Trinajstić information content (AvgIpc) is 3.23. The van der Waals surface area contributed by atoms with Gasteiger partial charge >= 0.3 is 0 Å². The molecule has 4 nitrogen and oxygen atoms in total. The van der Waals surface area contributed by atoms with Gasteiger partial charge in [0.2, 0.25) is 0 Å². The molecule has 3 aromatic rings. The number of thiazole rings is 1. The quantitative estimate of drug-likeness (QED) is 0.556. The van der Waals surface area contributed by atoms with Gasteiger partial charge in [-0.05, 0) is 43.2 Å². The van der Waals surface area contributed by atoms with Gasteiger partial charge in [0, 0.05) is 27.1 Å². The van der Waals surface area contributed by atoms with E-state index in [1.807, 2.05) is 12.3 Å². The smallest absolute Gasteiger partial charge is 0.257 e. The lowest BCUT2D eigenvalue weighted by atomic mass is 9.77. The molecule has 1 aliphatic carbocycles. The van der Waals surface area contributed by atoms with Crippen LogP contribution < -0.4 is 5.32 Å². The lowest BCUT2D eigenvalue weighted by molar-refractivity contribution is 0.101. The number of benzene rings is 1. The van der Waals surface area contributed by atoms with Gasteiger partial charge in [0.1, 0.15) is 10.0 Å². The predicted molar refractivity (Wildman–Crippen MR) is 116 cm³/mol. The number of anilines is 1. The maximum Gasteiger partial charge on any atom is 0.257 e. The molecule has 0 aliphatic heterocycles. The second-order valence-corrected chi connectivity index (χ2v) is 9.97. The second kappa shape index (κ2) is 7.26. The molecule has 0 saturated heterocycles. The van der Waals surface area contributed by atoms with Crippen LogP contribution in [0.3, 0.4) is 0 Å². The minimum atomic E-state index is -0.255. The number of thiophene rings is 1. The fourth-order valence-electron chi connectivity index (χ4n) is 3.67. The average molecular weight is 411 g/mol. The molecule has 0 spiro atoms. The van der Waals surface area contributed by atoms with E-state index in [1.165, 1.54) is 10.4 Å². The predicted octanol–water partition coefficient (Wildman–Crippen LogP) is 5.76. The highest BCUT2D eigenvalue weighted by atomic mass is 32.1. The van der Waals surface area contributed by atoms with Crippen LogP contribution >= 0.6 is 22.7 Å². The van der Waals surface area contributed by atoms with Crippen LogP contribution in [0.5, 0.6) is 0 Å². The summed E-state index contributed by atoms with van der Waals surface area (Å²) in [6.45, 7) is 6.57. The summed E-state index contributed by atoms with van der Waals surface area (Å²) in [4.78, 5) is 30.3. The fourth-order valence-corrected chi connectivity index (χ4v) is 6.11. The molecule has 2 heterocycles. The van der Waals surface area contributed by atoms with Gasteiger partial charge < -0.3 is 5.32 Å². The molecular weight excluding hydrogens is 388 g/mol. The molecule has 2 aromatic heterocycles. The van der Waals surface area contributed by atoms with Gasteiger partial charge in [-0.2, -0.15) is 0 Å². The third kappa shape index (κ3) is 3.54. The number of carbonyl (C=O) groups excluding carboxylic acids is 2. The number of carbonyl (C=O) groups is 2. The summed E-state index contributed by atoms with van der Waals surface area (Å²) in [6, 6.07) is 6.88. The van der Waals surface area contributed by atoms with Crippen LogP contribution in [0.25, 0.3) is 10.6 Å². The monoisotopic (exact) mass is 410 g/mol. The Kier molecular flexibility index (Phi) is 4.93.